The number of nitrogens with zero attached hydrogens (tertiary/aromatic N) is 1. The summed E-state index contributed by atoms with van der Waals surface area (Å²) in [4.78, 5) is 22.2. The SMILES string of the molecule is CN(C)S(=O)(=O)c1cccc(NC(=O)C(N)CC(=O)O)c1. The third-order valence-electron chi connectivity index (χ3n) is 2.61. The lowest BCUT2D eigenvalue weighted by molar-refractivity contribution is -0.138. The molecule has 8 nitrogen and oxygen atoms in total. The predicted octanol–water partition coefficient (Wildman–Crippen LogP) is -0.323. The normalized spacial score (nSPS) is 13.0. The van der Waals surface area contributed by atoms with Gasteiger partial charge in [-0.15, -0.1) is 0 Å². The van der Waals surface area contributed by atoms with E-state index in [9.17, 15) is 18.0 Å². The Labute approximate surface area is 122 Å². The van der Waals surface area contributed by atoms with Gasteiger partial charge in [0.05, 0.1) is 17.4 Å². The standard InChI is InChI=1S/C12H17N3O5S/c1-15(2)21(19,20)9-5-3-4-8(6-9)14-12(18)10(13)7-11(16)17/h3-6,10H,7,13H2,1-2H3,(H,14,18)(H,16,17). The van der Waals surface area contributed by atoms with Crippen LogP contribution in [0, 0.1) is 0 Å². The van der Waals surface area contributed by atoms with Gasteiger partial charge >= 0.3 is 5.97 Å². The quantitative estimate of drug-likeness (QED) is 0.659. The van der Waals surface area contributed by atoms with Crippen LogP contribution in [0.15, 0.2) is 29.2 Å². The number of carbonyl (C=O) groups is 2. The first-order valence-corrected chi connectivity index (χ1v) is 7.39. The molecule has 0 heterocycles. The molecule has 116 valence electrons. The van der Waals surface area contributed by atoms with Gasteiger partial charge in [-0.3, -0.25) is 9.59 Å². The number of nitrogens with two attached hydrogens (primary N) is 1. The second-order valence-electron chi connectivity index (χ2n) is 4.51. The smallest absolute Gasteiger partial charge is 0.305 e. The molecule has 4 N–H and O–H groups in total. The lowest BCUT2D eigenvalue weighted by atomic mass is 10.2. The van der Waals surface area contributed by atoms with Crippen molar-refractivity contribution in [3.63, 3.8) is 0 Å². The molecule has 0 spiro atoms. The Balaban J connectivity index is 2.92. The lowest BCUT2D eigenvalue weighted by Gasteiger charge is -2.14. The predicted molar refractivity (Wildman–Crippen MR) is 76.2 cm³/mol. The van der Waals surface area contributed by atoms with E-state index < -0.39 is 34.4 Å². The van der Waals surface area contributed by atoms with Crippen molar-refractivity contribution in [2.75, 3.05) is 19.4 Å². The molecule has 0 aliphatic rings. The van der Waals surface area contributed by atoms with Gasteiger partial charge in [0.15, 0.2) is 0 Å². The van der Waals surface area contributed by atoms with Crippen molar-refractivity contribution in [3.8, 4) is 0 Å². The fourth-order valence-electron chi connectivity index (χ4n) is 1.46. The van der Waals surface area contributed by atoms with E-state index in [4.69, 9.17) is 10.8 Å². The number of anilines is 1. The first-order chi connectivity index (χ1) is 9.64. The zero-order valence-electron chi connectivity index (χ0n) is 11.6. The molecule has 0 aromatic heterocycles. The van der Waals surface area contributed by atoms with Gasteiger partial charge in [-0.05, 0) is 18.2 Å². The number of amides is 1. The van der Waals surface area contributed by atoms with Crippen molar-refractivity contribution in [2.24, 2.45) is 5.73 Å². The van der Waals surface area contributed by atoms with E-state index in [1.54, 1.807) is 0 Å². The first-order valence-electron chi connectivity index (χ1n) is 5.95. The molecule has 1 atom stereocenters. The first kappa shape index (κ1) is 17.1. The van der Waals surface area contributed by atoms with Crippen LogP contribution >= 0.6 is 0 Å². The van der Waals surface area contributed by atoms with Crippen molar-refractivity contribution < 1.29 is 23.1 Å². The summed E-state index contributed by atoms with van der Waals surface area (Å²) in [5, 5.41) is 11.0. The lowest BCUT2D eigenvalue weighted by Crippen LogP contribution is -2.37. The summed E-state index contributed by atoms with van der Waals surface area (Å²) in [6.45, 7) is 0. The molecule has 1 unspecified atom stereocenters. The van der Waals surface area contributed by atoms with E-state index in [1.807, 2.05) is 0 Å². The molecule has 0 aliphatic carbocycles. The minimum Gasteiger partial charge on any atom is -0.481 e. The maximum Gasteiger partial charge on any atom is 0.305 e. The van der Waals surface area contributed by atoms with E-state index in [0.717, 1.165) is 4.31 Å². The molecule has 0 saturated heterocycles. The van der Waals surface area contributed by atoms with Crippen molar-refractivity contribution in [1.82, 2.24) is 4.31 Å². The molecule has 1 amide bonds. The highest BCUT2D eigenvalue weighted by molar-refractivity contribution is 7.89. The topological polar surface area (TPSA) is 130 Å². The van der Waals surface area contributed by atoms with Crippen molar-refractivity contribution >= 4 is 27.6 Å². The average Bonchev–Trinajstić information content (AvgIpc) is 2.37. The van der Waals surface area contributed by atoms with Gasteiger partial charge in [0.2, 0.25) is 15.9 Å². The number of hydrogen-bond acceptors (Lipinski definition) is 5. The fraction of sp³-hybridized carbons (Fsp3) is 0.333. The molecule has 21 heavy (non-hydrogen) atoms. The zero-order valence-corrected chi connectivity index (χ0v) is 12.4. The summed E-state index contributed by atoms with van der Waals surface area (Å²) in [5.74, 6) is -1.89. The molecule has 1 aromatic carbocycles. The molecular formula is C12H17N3O5S. The molecule has 9 heteroatoms. The van der Waals surface area contributed by atoms with Crippen LogP contribution in [0.2, 0.25) is 0 Å². The summed E-state index contributed by atoms with van der Waals surface area (Å²) in [6.07, 6.45) is -0.512. The molecule has 0 radical (unpaired) electrons. The Bertz CT molecular complexity index is 642. The second-order valence-corrected chi connectivity index (χ2v) is 6.66. The number of carboxylic acids is 1. The van der Waals surface area contributed by atoms with Gasteiger partial charge in [0, 0.05) is 19.8 Å². The van der Waals surface area contributed by atoms with Crippen LogP contribution in [-0.2, 0) is 19.6 Å². The van der Waals surface area contributed by atoms with Gasteiger partial charge < -0.3 is 16.2 Å². The number of aliphatic carboxylic acids is 1. The van der Waals surface area contributed by atoms with Crippen LogP contribution in [0.4, 0.5) is 5.69 Å². The summed E-state index contributed by atoms with van der Waals surface area (Å²) in [5.41, 5.74) is 5.64. The van der Waals surface area contributed by atoms with E-state index >= 15 is 0 Å². The molecule has 0 fully saturated rings. The van der Waals surface area contributed by atoms with E-state index in [2.05, 4.69) is 5.32 Å². The minimum atomic E-state index is -3.62. The monoisotopic (exact) mass is 315 g/mol. The number of rotatable bonds is 6. The van der Waals surface area contributed by atoms with Crippen molar-refractivity contribution in [1.29, 1.82) is 0 Å². The van der Waals surface area contributed by atoms with Gasteiger partial charge in [0.25, 0.3) is 0 Å². The van der Waals surface area contributed by atoms with Crippen LogP contribution in [0.3, 0.4) is 0 Å². The highest BCUT2D eigenvalue weighted by Crippen LogP contribution is 2.18. The maximum absolute atomic E-state index is 12.0. The van der Waals surface area contributed by atoms with Crippen LogP contribution in [0.25, 0.3) is 0 Å². The maximum atomic E-state index is 12.0. The van der Waals surface area contributed by atoms with Gasteiger partial charge in [0.1, 0.15) is 0 Å². The van der Waals surface area contributed by atoms with Gasteiger partial charge in [-0.2, -0.15) is 0 Å². The Hall–Kier alpha value is -1.97. The fourth-order valence-corrected chi connectivity index (χ4v) is 2.41. The second kappa shape index (κ2) is 6.66. The minimum absolute atomic E-state index is 0.0112. The van der Waals surface area contributed by atoms with Crippen molar-refractivity contribution in [2.45, 2.75) is 17.4 Å². The highest BCUT2D eigenvalue weighted by Gasteiger charge is 2.20. The number of benzene rings is 1. The Morgan fingerprint density at radius 3 is 2.52 bits per heavy atom. The third kappa shape index (κ3) is 4.52. The van der Waals surface area contributed by atoms with Gasteiger partial charge in [-0.1, -0.05) is 6.07 Å². The van der Waals surface area contributed by atoms with Crippen LogP contribution in [0.1, 0.15) is 6.42 Å². The summed E-state index contributed by atoms with van der Waals surface area (Å²) in [6, 6.07) is 4.41. The van der Waals surface area contributed by atoms with Crippen LogP contribution in [0.5, 0.6) is 0 Å². The molecule has 1 aromatic rings. The number of nitrogens with one attached hydrogen (secondary N) is 1. The van der Waals surface area contributed by atoms with E-state index in [0.29, 0.717) is 0 Å². The molecule has 1 rings (SSSR count). The summed E-state index contributed by atoms with van der Waals surface area (Å²) in [7, 11) is -0.833. The highest BCUT2D eigenvalue weighted by atomic mass is 32.2. The average molecular weight is 315 g/mol. The number of hydrogen-bond donors (Lipinski definition) is 3. The summed E-state index contributed by atoms with van der Waals surface area (Å²) < 4.78 is 25.0. The molecule has 0 saturated carbocycles. The molecular weight excluding hydrogens is 298 g/mol. The molecule has 0 aliphatic heterocycles. The number of sulfonamides is 1. The Morgan fingerprint density at radius 1 is 1.38 bits per heavy atom. The van der Waals surface area contributed by atoms with Crippen LogP contribution in [-0.4, -0.2) is 49.8 Å². The van der Waals surface area contributed by atoms with Crippen molar-refractivity contribution in [3.05, 3.63) is 24.3 Å². The Kier molecular flexibility index (Phi) is 5.41. The van der Waals surface area contributed by atoms with E-state index in [-0.39, 0.29) is 10.6 Å². The largest absolute Gasteiger partial charge is 0.481 e. The molecule has 0 bridgehead atoms. The van der Waals surface area contributed by atoms with Gasteiger partial charge in [-0.25, -0.2) is 12.7 Å². The number of carbonyl (C=O) groups excluding carboxylic acids is 1. The number of carboxylic acid groups (broad SMARTS) is 1. The summed E-state index contributed by atoms with van der Waals surface area (Å²) >= 11 is 0. The third-order valence-corrected chi connectivity index (χ3v) is 4.42. The Morgan fingerprint density at radius 2 is 2.00 bits per heavy atom. The zero-order chi connectivity index (χ0) is 16.2. The van der Waals surface area contributed by atoms with E-state index in [1.165, 1.54) is 38.4 Å². The van der Waals surface area contributed by atoms with Crippen LogP contribution < -0.4 is 11.1 Å².